The van der Waals surface area contributed by atoms with Crippen LogP contribution in [-0.4, -0.2) is 52.4 Å². The van der Waals surface area contributed by atoms with E-state index in [1.165, 1.54) is 55.6 Å². The number of carboxylic acids is 1. The molecule has 4 aromatic carbocycles. The van der Waals surface area contributed by atoms with E-state index < -0.39 is 48.5 Å². The molecule has 0 bridgehead atoms. The third-order valence-corrected chi connectivity index (χ3v) is 7.59. The van der Waals surface area contributed by atoms with Crippen LogP contribution in [0.25, 0.3) is 11.1 Å². The van der Waals surface area contributed by atoms with Gasteiger partial charge in [-0.25, -0.2) is 9.78 Å². The molecule has 2 N–H and O–H groups in total. The van der Waals surface area contributed by atoms with Crippen LogP contribution in [0.2, 0.25) is 0 Å². The maximum atomic E-state index is 13.5. The smallest absolute Gasteiger partial charge is 0.416 e. The van der Waals surface area contributed by atoms with Gasteiger partial charge in [-0.05, 0) is 71.3 Å². The molecule has 0 atom stereocenters. The molecule has 5 aromatic rings. The molecule has 0 aliphatic rings. The molecule has 1 heterocycles. The van der Waals surface area contributed by atoms with E-state index in [-0.39, 0.29) is 40.6 Å². The van der Waals surface area contributed by atoms with Gasteiger partial charge in [-0.2, -0.15) is 13.2 Å². The molecule has 0 unspecified atom stereocenters. The van der Waals surface area contributed by atoms with Crippen molar-refractivity contribution in [3.05, 3.63) is 143 Å². The van der Waals surface area contributed by atoms with E-state index in [0.29, 0.717) is 5.56 Å². The van der Waals surface area contributed by atoms with Crippen molar-refractivity contribution in [1.82, 2.24) is 9.88 Å². The first kappa shape index (κ1) is 35.8. The molecule has 10 nitrogen and oxygen atoms in total. The van der Waals surface area contributed by atoms with E-state index >= 15 is 0 Å². The lowest BCUT2D eigenvalue weighted by atomic mass is 10.0. The lowest BCUT2D eigenvalue weighted by Crippen LogP contribution is -2.35. The number of hydrogen-bond acceptors (Lipinski definition) is 7. The zero-order valence-corrected chi connectivity index (χ0v) is 27.0. The summed E-state index contributed by atoms with van der Waals surface area (Å²) < 4.78 is 50.9. The average molecular weight is 698 g/mol. The number of esters is 1. The summed E-state index contributed by atoms with van der Waals surface area (Å²) in [5, 5.41) is 12.0. The molecule has 260 valence electrons. The lowest BCUT2D eigenvalue weighted by Gasteiger charge is -2.21. The van der Waals surface area contributed by atoms with Crippen LogP contribution in [-0.2, 0) is 28.7 Å². The Morgan fingerprint density at radius 2 is 1.51 bits per heavy atom. The number of amides is 2. The van der Waals surface area contributed by atoms with Crippen LogP contribution in [0.5, 0.6) is 11.5 Å². The molecule has 0 aliphatic heterocycles. The predicted molar refractivity (Wildman–Crippen MR) is 180 cm³/mol. The van der Waals surface area contributed by atoms with Gasteiger partial charge in [0, 0.05) is 29.6 Å². The number of pyridine rings is 1. The van der Waals surface area contributed by atoms with E-state index in [1.54, 1.807) is 30.5 Å². The van der Waals surface area contributed by atoms with Gasteiger partial charge in [0.05, 0.1) is 19.1 Å². The predicted octanol–water partition coefficient (Wildman–Crippen LogP) is 6.90. The number of alkyl halides is 3. The van der Waals surface area contributed by atoms with Crippen molar-refractivity contribution in [3.8, 4) is 22.6 Å². The second-order valence-electron chi connectivity index (χ2n) is 11.2. The number of anilines is 1. The van der Waals surface area contributed by atoms with Crippen molar-refractivity contribution in [3.63, 3.8) is 0 Å². The first-order valence-corrected chi connectivity index (χ1v) is 15.4. The van der Waals surface area contributed by atoms with Crippen LogP contribution >= 0.6 is 0 Å². The third kappa shape index (κ3) is 9.57. The van der Waals surface area contributed by atoms with Crippen LogP contribution in [0.1, 0.15) is 37.5 Å². The number of rotatable bonds is 12. The minimum absolute atomic E-state index is 0.000850. The largest absolute Gasteiger partial charge is 0.497 e. The van der Waals surface area contributed by atoms with Crippen molar-refractivity contribution in [1.29, 1.82) is 0 Å². The Kier molecular flexibility index (Phi) is 11.1. The molecule has 0 spiro atoms. The van der Waals surface area contributed by atoms with Gasteiger partial charge < -0.3 is 24.8 Å². The zero-order valence-electron chi connectivity index (χ0n) is 27.0. The number of carbonyl (C=O) groups is 4. The van der Waals surface area contributed by atoms with E-state index in [4.69, 9.17) is 9.47 Å². The number of carboxylic acid groups (broad SMARTS) is 1. The molecular formula is C38H30F3N3O7. The maximum absolute atomic E-state index is 13.5. The molecule has 1 aromatic heterocycles. The van der Waals surface area contributed by atoms with Crippen molar-refractivity contribution in [2.24, 2.45) is 0 Å². The summed E-state index contributed by atoms with van der Waals surface area (Å²) in [6, 6.07) is 27.9. The third-order valence-electron chi connectivity index (χ3n) is 7.59. The molecule has 0 aliphatic carbocycles. The quantitative estimate of drug-likeness (QED) is 0.106. The van der Waals surface area contributed by atoms with Crippen LogP contribution in [0.3, 0.4) is 0 Å². The number of carbonyl (C=O) groups excluding carboxylic acids is 3. The number of aliphatic carboxylic acids is 1. The minimum Gasteiger partial charge on any atom is -0.497 e. The summed E-state index contributed by atoms with van der Waals surface area (Å²) in [6.45, 7) is -0.716. The summed E-state index contributed by atoms with van der Waals surface area (Å²) in [5.74, 6) is -3.04. The van der Waals surface area contributed by atoms with Gasteiger partial charge in [0.2, 0.25) is 5.91 Å². The van der Waals surface area contributed by atoms with E-state index in [2.05, 4.69) is 10.3 Å². The lowest BCUT2D eigenvalue weighted by molar-refractivity contribution is -0.139. The Morgan fingerprint density at radius 3 is 2.12 bits per heavy atom. The highest BCUT2D eigenvalue weighted by Crippen LogP contribution is 2.35. The molecule has 0 saturated heterocycles. The van der Waals surface area contributed by atoms with Gasteiger partial charge in [0.15, 0.2) is 0 Å². The van der Waals surface area contributed by atoms with Crippen molar-refractivity contribution < 1.29 is 46.9 Å². The van der Waals surface area contributed by atoms with Crippen molar-refractivity contribution in [2.75, 3.05) is 19.0 Å². The summed E-state index contributed by atoms with van der Waals surface area (Å²) in [5.41, 5.74) is 1.54. The number of nitrogens with one attached hydrogen (secondary N) is 1. The van der Waals surface area contributed by atoms with E-state index in [9.17, 15) is 37.5 Å². The summed E-state index contributed by atoms with van der Waals surface area (Å²) in [4.78, 5) is 55.5. The van der Waals surface area contributed by atoms with Gasteiger partial charge in [-0.15, -0.1) is 0 Å². The van der Waals surface area contributed by atoms with Crippen molar-refractivity contribution >= 4 is 29.4 Å². The van der Waals surface area contributed by atoms with Gasteiger partial charge in [0.1, 0.15) is 23.7 Å². The fraction of sp³-hybridized carbons (Fsp3) is 0.132. The molecule has 13 heteroatoms. The van der Waals surface area contributed by atoms with Gasteiger partial charge in [0.25, 0.3) is 5.91 Å². The number of ether oxygens (including phenoxy) is 2. The minimum atomic E-state index is -4.70. The molecule has 51 heavy (non-hydrogen) atoms. The Bertz CT molecular complexity index is 2020. The Morgan fingerprint density at radius 1 is 0.824 bits per heavy atom. The number of methoxy groups -OCH3 is 1. The SMILES string of the molecule is COc1ccc(CC(=O)Nc2ccc(C(=O)N(CC(=O)O)Cc3ccc(OC(=O)c4ccc(-c5ccccc5)cn4)cc3)cc2)c(C(F)(F)F)c1. The number of halogens is 3. The number of hydrogen-bond donors (Lipinski definition) is 2. The Balaban J connectivity index is 1.19. The molecular weight excluding hydrogens is 667 g/mol. The summed E-state index contributed by atoms with van der Waals surface area (Å²) in [7, 11) is 1.24. The highest BCUT2D eigenvalue weighted by Gasteiger charge is 2.34. The normalized spacial score (nSPS) is 11.0. The fourth-order valence-corrected chi connectivity index (χ4v) is 5.08. The Labute approximate surface area is 290 Å². The van der Waals surface area contributed by atoms with Gasteiger partial charge in [-0.1, -0.05) is 54.6 Å². The highest BCUT2D eigenvalue weighted by molar-refractivity contribution is 5.97. The first-order chi connectivity index (χ1) is 24.4. The average Bonchev–Trinajstić information content (AvgIpc) is 3.12. The molecule has 0 radical (unpaired) electrons. The highest BCUT2D eigenvalue weighted by atomic mass is 19.4. The zero-order chi connectivity index (χ0) is 36.5. The van der Waals surface area contributed by atoms with Gasteiger partial charge >= 0.3 is 18.1 Å². The van der Waals surface area contributed by atoms with Crippen LogP contribution < -0.4 is 14.8 Å². The topological polar surface area (TPSA) is 135 Å². The second kappa shape index (κ2) is 15.8. The van der Waals surface area contributed by atoms with Crippen LogP contribution in [0.15, 0.2) is 115 Å². The van der Waals surface area contributed by atoms with Crippen LogP contribution in [0, 0.1) is 0 Å². The molecule has 2 amide bonds. The van der Waals surface area contributed by atoms with Crippen molar-refractivity contribution in [2.45, 2.75) is 19.1 Å². The monoisotopic (exact) mass is 697 g/mol. The standard InChI is InChI=1S/C38H30F3N3O7/c1-50-31-17-11-27(32(20-31)38(39,40)41)19-34(45)43-29-13-9-26(10-14-29)36(48)44(23-35(46)47)22-24-7-15-30(16-8-24)51-37(49)33-18-12-28(21-42-33)25-5-3-2-4-6-25/h2-18,20-21H,19,22-23H2,1H3,(H,43,45)(H,46,47). The summed E-state index contributed by atoms with van der Waals surface area (Å²) in [6.07, 6.45) is -3.69. The molecule has 5 rings (SSSR count). The van der Waals surface area contributed by atoms with Gasteiger partial charge in [-0.3, -0.25) is 14.4 Å². The molecule has 0 saturated carbocycles. The maximum Gasteiger partial charge on any atom is 0.416 e. The molecule has 0 fully saturated rings. The number of aromatic nitrogens is 1. The Hall–Kier alpha value is -6.50. The number of benzene rings is 4. The van der Waals surface area contributed by atoms with E-state index in [0.717, 1.165) is 22.1 Å². The van der Waals surface area contributed by atoms with Crippen LogP contribution in [0.4, 0.5) is 18.9 Å². The van der Waals surface area contributed by atoms with E-state index in [1.807, 2.05) is 30.3 Å². The first-order valence-electron chi connectivity index (χ1n) is 15.4. The fourth-order valence-electron chi connectivity index (χ4n) is 5.08. The summed E-state index contributed by atoms with van der Waals surface area (Å²) >= 11 is 0. The number of nitrogens with zero attached hydrogens (tertiary/aromatic N) is 2. The second-order valence-corrected chi connectivity index (χ2v) is 11.2.